The van der Waals surface area contributed by atoms with Gasteiger partial charge in [-0.05, 0) is 102 Å². The number of carbonyl (C=O) groups is 4. The Morgan fingerprint density at radius 2 is 1.05 bits per heavy atom. The van der Waals surface area contributed by atoms with Gasteiger partial charge < -0.3 is 20.1 Å². The summed E-state index contributed by atoms with van der Waals surface area (Å²) in [7, 11) is 0. The molecule has 2 N–H and O–H groups in total. The highest BCUT2D eigenvalue weighted by atomic mass is 19.1. The first-order valence-electron chi connectivity index (χ1n) is 26.9. The number of benzene rings is 5. The number of rotatable bonds is 14. The lowest BCUT2D eigenvalue weighted by Gasteiger charge is -2.14. The van der Waals surface area contributed by atoms with Gasteiger partial charge in [-0.25, -0.2) is 23.7 Å². The van der Waals surface area contributed by atoms with E-state index in [0.717, 1.165) is 61.5 Å². The van der Waals surface area contributed by atoms with Crippen LogP contribution in [-0.4, -0.2) is 52.9 Å². The second-order valence-corrected chi connectivity index (χ2v) is 21.8. The Morgan fingerprint density at radius 3 is 1.57 bits per heavy atom. The number of aromatic nitrogens is 6. The molecule has 5 aromatic carbocycles. The van der Waals surface area contributed by atoms with Crippen LogP contribution < -0.4 is 20.1 Å². The third kappa shape index (κ3) is 12.9. The number of halogens is 1. The molecule has 4 aromatic heterocycles. The summed E-state index contributed by atoms with van der Waals surface area (Å²) in [6.07, 6.45) is 4.69. The summed E-state index contributed by atoms with van der Waals surface area (Å²) < 4.78 is 29.5. The topological polar surface area (TPSA) is 172 Å². The first-order chi connectivity index (χ1) is 38.3. The van der Waals surface area contributed by atoms with E-state index < -0.39 is 0 Å². The molecule has 15 heteroatoms. The third-order valence-corrected chi connectivity index (χ3v) is 13.6. The first kappa shape index (κ1) is 55.6. The van der Waals surface area contributed by atoms with Crippen molar-refractivity contribution in [3.63, 3.8) is 0 Å². The molecule has 14 nitrogen and oxygen atoms in total. The predicted octanol–water partition coefficient (Wildman–Crippen LogP) is 13.0. The zero-order valence-corrected chi connectivity index (χ0v) is 46.6. The molecule has 0 atom stereocenters. The zero-order valence-electron chi connectivity index (χ0n) is 46.6. The minimum Gasteiger partial charge on any atom is -0.457 e. The number of Topliss-reactive ketones (excluding diaryl/α,β-unsaturated/α-hetero) is 2. The number of carbonyl (C=O) groups excluding carboxylic acids is 4. The lowest BCUT2D eigenvalue weighted by atomic mass is 9.92. The summed E-state index contributed by atoms with van der Waals surface area (Å²) in [5.74, 6) is 3.12. The Hall–Kier alpha value is -9.11. The lowest BCUT2D eigenvalue weighted by Crippen LogP contribution is -2.13. The molecule has 6 heterocycles. The van der Waals surface area contributed by atoms with Gasteiger partial charge in [-0.3, -0.25) is 19.2 Å². The summed E-state index contributed by atoms with van der Waals surface area (Å²) in [5.41, 5.74) is 9.23. The van der Waals surface area contributed by atoms with Crippen LogP contribution in [0.15, 0.2) is 146 Å². The highest BCUT2D eigenvalue weighted by molar-refractivity contribution is 6.00. The summed E-state index contributed by atoms with van der Waals surface area (Å²) in [5, 5.41) is 16.9. The van der Waals surface area contributed by atoms with E-state index in [0.29, 0.717) is 53.2 Å². The smallest absolute Gasteiger partial charge is 0.230 e. The van der Waals surface area contributed by atoms with Crippen LogP contribution in [-0.2, 0) is 68.5 Å². The molecule has 0 radical (unpaired) electrons. The van der Waals surface area contributed by atoms with Gasteiger partial charge in [0.2, 0.25) is 11.8 Å². The van der Waals surface area contributed by atoms with Crippen molar-refractivity contribution in [3.8, 4) is 34.4 Å². The number of ether oxygens (including phenoxy) is 2. The van der Waals surface area contributed by atoms with E-state index in [9.17, 15) is 23.6 Å². The van der Waals surface area contributed by atoms with Crippen molar-refractivity contribution >= 4 is 45.8 Å². The average molecular weight is 1070 g/mol. The SMILES string of the molecule is CC.CC(C)(C)c1cc(CC(=O)Cc2ccc(Oc3ccnc4c3CC(=O)N4)c3ccccc23)n(-c2ccc(F)cc2)n1.Cc1ccc(-n2nc(C(C)(C)C)cc2CC(=O)Cc2ccc(Oc3ccnc4c3CC(=O)N4)cc2)cc1. The van der Waals surface area contributed by atoms with Crippen LogP contribution in [0.25, 0.3) is 22.1 Å². The molecule has 0 saturated heterocycles. The Morgan fingerprint density at radius 1 is 0.562 bits per heavy atom. The van der Waals surface area contributed by atoms with Gasteiger partial charge in [0.1, 0.15) is 52.0 Å². The minimum atomic E-state index is -0.327. The normalized spacial score (nSPS) is 12.6. The van der Waals surface area contributed by atoms with Crippen molar-refractivity contribution in [1.29, 1.82) is 0 Å². The maximum absolute atomic E-state index is 13.6. The van der Waals surface area contributed by atoms with Crippen molar-refractivity contribution < 1.29 is 33.0 Å². The number of fused-ring (bicyclic) bond motifs is 3. The van der Waals surface area contributed by atoms with Crippen molar-refractivity contribution in [3.05, 3.63) is 202 Å². The quantitative estimate of drug-likeness (QED) is 0.107. The molecule has 0 fully saturated rings. The molecule has 9 aromatic rings. The van der Waals surface area contributed by atoms with Crippen molar-refractivity contribution in [1.82, 2.24) is 29.5 Å². The van der Waals surface area contributed by atoms with E-state index in [1.807, 2.05) is 103 Å². The van der Waals surface area contributed by atoms with Gasteiger partial charge in [0.25, 0.3) is 0 Å². The van der Waals surface area contributed by atoms with Crippen LogP contribution in [0.1, 0.15) is 106 Å². The van der Waals surface area contributed by atoms with E-state index in [1.54, 1.807) is 41.3 Å². The fourth-order valence-corrected chi connectivity index (χ4v) is 9.38. The highest BCUT2D eigenvalue weighted by Crippen LogP contribution is 2.38. The number of pyridine rings is 2. The maximum Gasteiger partial charge on any atom is 0.230 e. The molecule has 0 spiro atoms. The van der Waals surface area contributed by atoms with Crippen LogP contribution >= 0.6 is 0 Å². The molecule has 408 valence electrons. The second-order valence-electron chi connectivity index (χ2n) is 21.8. The van der Waals surface area contributed by atoms with E-state index >= 15 is 0 Å². The van der Waals surface area contributed by atoms with Crippen molar-refractivity contribution in [2.24, 2.45) is 0 Å². The third-order valence-electron chi connectivity index (χ3n) is 13.6. The molecule has 0 unspecified atom stereocenters. The highest BCUT2D eigenvalue weighted by Gasteiger charge is 2.27. The first-order valence-corrected chi connectivity index (χ1v) is 26.9. The number of nitrogens with one attached hydrogen (secondary N) is 2. The summed E-state index contributed by atoms with van der Waals surface area (Å²) in [6, 6.07) is 40.9. The monoisotopic (exact) mass is 1070 g/mol. The zero-order chi connectivity index (χ0) is 56.9. The van der Waals surface area contributed by atoms with Crippen LogP contribution in [0.3, 0.4) is 0 Å². The Kier molecular flexibility index (Phi) is 16.3. The van der Waals surface area contributed by atoms with Crippen molar-refractivity contribution in [2.45, 2.75) is 112 Å². The molecule has 0 aliphatic carbocycles. The van der Waals surface area contributed by atoms with E-state index in [-0.39, 0.29) is 65.7 Å². The summed E-state index contributed by atoms with van der Waals surface area (Å²) >= 11 is 0. The van der Waals surface area contributed by atoms with Gasteiger partial charge >= 0.3 is 0 Å². The molecule has 2 aliphatic heterocycles. The number of ketones is 2. The van der Waals surface area contributed by atoms with Crippen LogP contribution in [0.4, 0.5) is 16.0 Å². The number of nitrogens with zero attached hydrogens (tertiary/aromatic N) is 6. The number of amides is 2. The molecule has 0 saturated carbocycles. The van der Waals surface area contributed by atoms with Gasteiger partial charge in [0, 0.05) is 65.4 Å². The second kappa shape index (κ2) is 23.5. The molecular formula is C65H65FN8O6. The Labute approximate surface area is 465 Å². The van der Waals surface area contributed by atoms with Crippen LogP contribution in [0.5, 0.6) is 23.0 Å². The van der Waals surface area contributed by atoms with Gasteiger partial charge in [0.15, 0.2) is 0 Å². The van der Waals surface area contributed by atoms with E-state index in [4.69, 9.17) is 19.7 Å². The van der Waals surface area contributed by atoms with Crippen LogP contribution in [0.2, 0.25) is 0 Å². The van der Waals surface area contributed by atoms with E-state index in [1.165, 1.54) is 17.7 Å². The number of anilines is 2. The average Bonchev–Trinajstić information content (AvgIpc) is 4.24. The summed E-state index contributed by atoms with van der Waals surface area (Å²) in [4.78, 5) is 58.6. The Balaban J connectivity index is 0.000000189. The fraction of sp³-hybridized carbons (Fsp3) is 0.262. The predicted molar refractivity (Wildman–Crippen MR) is 309 cm³/mol. The fourth-order valence-electron chi connectivity index (χ4n) is 9.38. The number of hydrogen-bond acceptors (Lipinski definition) is 10. The Bertz CT molecular complexity index is 3760. The largest absolute Gasteiger partial charge is 0.457 e. The van der Waals surface area contributed by atoms with Gasteiger partial charge in [0.05, 0.1) is 47.0 Å². The lowest BCUT2D eigenvalue weighted by molar-refractivity contribution is -0.118. The number of hydrogen-bond donors (Lipinski definition) is 2. The molecule has 80 heavy (non-hydrogen) atoms. The summed E-state index contributed by atoms with van der Waals surface area (Å²) in [6.45, 7) is 18.6. The molecule has 2 amide bonds. The minimum absolute atomic E-state index is 0.0316. The van der Waals surface area contributed by atoms with E-state index in [2.05, 4.69) is 81.2 Å². The molecular weight excluding hydrogens is 1010 g/mol. The van der Waals surface area contributed by atoms with Gasteiger partial charge in [-0.15, -0.1) is 0 Å². The standard InChI is InChI=1S/C33H29FN4O3.C30H30N4O3.C2H6/c1-33(2,3)30-18-23(38(37-30)22-11-9-21(34)10-12-22)17-24(39)16-20-8-13-28(26-7-5-4-6-25(20)26)41-29-14-15-35-32-27(29)19-31(40)36-32;1-19-5-9-21(10-6-19)34-22(17-27(33-34)30(2,3)4)16-23(35)15-20-7-11-24(12-8-20)37-26-13-14-31-29-25(26)18-28(36)32-29;1-2/h4-15,18H,16-17,19H2,1-3H3,(H,35,36,40);5-14,17H,15-16,18H2,1-4H3,(H,31,32,36);1-2H3. The van der Waals surface area contributed by atoms with Gasteiger partial charge in [-0.1, -0.05) is 116 Å². The molecule has 2 aliphatic rings. The van der Waals surface area contributed by atoms with Crippen LogP contribution in [0, 0.1) is 12.7 Å². The molecule has 11 rings (SSSR count). The van der Waals surface area contributed by atoms with Crippen molar-refractivity contribution in [2.75, 3.05) is 10.6 Å². The maximum atomic E-state index is 13.6. The number of aryl methyl sites for hydroxylation is 1. The molecule has 0 bridgehead atoms. The van der Waals surface area contributed by atoms with Gasteiger partial charge in [-0.2, -0.15) is 10.2 Å².